The van der Waals surface area contributed by atoms with Crippen molar-refractivity contribution >= 4 is 39.7 Å². The van der Waals surface area contributed by atoms with Crippen molar-refractivity contribution in [3.63, 3.8) is 0 Å². The van der Waals surface area contributed by atoms with Gasteiger partial charge in [0.05, 0.1) is 22.3 Å². The van der Waals surface area contributed by atoms with E-state index in [0.29, 0.717) is 17.4 Å². The van der Waals surface area contributed by atoms with Crippen LogP contribution in [0.4, 0.5) is 10.8 Å². The SMILES string of the molecule is CC(C)C[C@@H]1C[C@](C)(c2csc(Nc3ccccc3Cl)n2)OC1=O. The molecule has 1 aromatic carbocycles. The number of nitrogens with zero attached hydrogens (tertiary/aromatic N) is 1. The predicted molar refractivity (Wildman–Crippen MR) is 97.9 cm³/mol. The number of benzene rings is 1. The van der Waals surface area contributed by atoms with Crippen LogP contribution in [0.2, 0.25) is 5.02 Å². The molecule has 2 aromatic rings. The van der Waals surface area contributed by atoms with Gasteiger partial charge in [0.2, 0.25) is 0 Å². The zero-order chi connectivity index (χ0) is 17.3. The van der Waals surface area contributed by atoms with Crippen molar-refractivity contribution in [2.45, 2.75) is 39.2 Å². The second-order valence-corrected chi connectivity index (χ2v) is 8.09. The van der Waals surface area contributed by atoms with Gasteiger partial charge in [-0.2, -0.15) is 0 Å². The van der Waals surface area contributed by atoms with Crippen LogP contribution in [0.5, 0.6) is 0 Å². The number of hydrogen-bond acceptors (Lipinski definition) is 5. The first-order chi connectivity index (χ1) is 11.4. The third-order valence-electron chi connectivity index (χ3n) is 4.21. The first-order valence-electron chi connectivity index (χ1n) is 8.08. The summed E-state index contributed by atoms with van der Waals surface area (Å²) in [5, 5.41) is 6.55. The Labute approximate surface area is 151 Å². The van der Waals surface area contributed by atoms with Crippen LogP contribution in [0, 0.1) is 11.8 Å². The maximum absolute atomic E-state index is 12.2. The standard InChI is InChI=1S/C18H21ClN2O2S/c1-11(2)8-12-9-18(3,23-16(12)22)15-10-24-17(21-15)20-14-7-5-4-6-13(14)19/h4-7,10-12H,8-9H2,1-3H3,(H,20,21)/t12-,18-/m1/s1. The van der Waals surface area contributed by atoms with Crippen molar-refractivity contribution in [2.75, 3.05) is 5.32 Å². The highest BCUT2D eigenvalue weighted by Crippen LogP contribution is 2.42. The molecule has 0 amide bonds. The van der Waals surface area contributed by atoms with Gasteiger partial charge in [-0.3, -0.25) is 4.79 Å². The minimum atomic E-state index is -0.645. The van der Waals surface area contributed by atoms with Gasteiger partial charge in [0.1, 0.15) is 0 Å². The number of ether oxygens (including phenoxy) is 1. The van der Waals surface area contributed by atoms with Gasteiger partial charge in [0.25, 0.3) is 0 Å². The summed E-state index contributed by atoms with van der Waals surface area (Å²) in [4.78, 5) is 16.8. The number of carbonyl (C=O) groups is 1. The van der Waals surface area contributed by atoms with Crippen molar-refractivity contribution in [1.82, 2.24) is 4.98 Å². The number of para-hydroxylation sites is 1. The Morgan fingerprint density at radius 2 is 2.21 bits per heavy atom. The van der Waals surface area contributed by atoms with Crippen LogP contribution in [-0.4, -0.2) is 11.0 Å². The van der Waals surface area contributed by atoms with Gasteiger partial charge in [-0.15, -0.1) is 11.3 Å². The number of nitrogens with one attached hydrogen (secondary N) is 1. The third kappa shape index (κ3) is 3.57. The predicted octanol–water partition coefficient (Wildman–Crippen LogP) is 5.36. The summed E-state index contributed by atoms with van der Waals surface area (Å²) >= 11 is 7.65. The molecule has 0 saturated carbocycles. The Morgan fingerprint density at radius 1 is 1.46 bits per heavy atom. The minimum Gasteiger partial charge on any atom is -0.453 e. The summed E-state index contributed by atoms with van der Waals surface area (Å²) in [7, 11) is 0. The van der Waals surface area contributed by atoms with E-state index in [4.69, 9.17) is 16.3 Å². The van der Waals surface area contributed by atoms with Crippen molar-refractivity contribution in [3.05, 3.63) is 40.4 Å². The fourth-order valence-electron chi connectivity index (χ4n) is 3.06. The van der Waals surface area contributed by atoms with Crippen molar-refractivity contribution in [2.24, 2.45) is 11.8 Å². The summed E-state index contributed by atoms with van der Waals surface area (Å²) in [5.41, 5.74) is 0.959. The van der Waals surface area contributed by atoms with Gasteiger partial charge in [-0.25, -0.2) is 4.98 Å². The van der Waals surface area contributed by atoms with E-state index >= 15 is 0 Å². The Kier molecular flexibility index (Phi) is 4.83. The molecule has 6 heteroatoms. The molecule has 0 unspecified atom stereocenters. The van der Waals surface area contributed by atoms with E-state index < -0.39 is 5.60 Å². The molecule has 1 aliphatic rings. The van der Waals surface area contributed by atoms with E-state index in [-0.39, 0.29) is 11.9 Å². The lowest BCUT2D eigenvalue weighted by atomic mass is 9.88. The lowest BCUT2D eigenvalue weighted by Crippen LogP contribution is -2.21. The molecule has 0 aliphatic carbocycles. The normalized spacial score (nSPS) is 23.5. The Morgan fingerprint density at radius 3 is 2.92 bits per heavy atom. The Hall–Kier alpha value is -1.59. The highest BCUT2D eigenvalue weighted by Gasteiger charge is 2.46. The molecule has 1 N–H and O–H groups in total. The minimum absolute atomic E-state index is 0.0447. The van der Waals surface area contributed by atoms with Gasteiger partial charge < -0.3 is 10.1 Å². The van der Waals surface area contributed by atoms with Crippen LogP contribution in [0.15, 0.2) is 29.6 Å². The van der Waals surface area contributed by atoms with E-state index in [2.05, 4.69) is 24.1 Å². The van der Waals surface area contributed by atoms with Crippen molar-refractivity contribution in [3.8, 4) is 0 Å². The zero-order valence-corrected chi connectivity index (χ0v) is 15.6. The largest absolute Gasteiger partial charge is 0.453 e. The summed E-state index contributed by atoms with van der Waals surface area (Å²) in [6.45, 7) is 6.19. The van der Waals surface area contributed by atoms with E-state index in [0.717, 1.165) is 22.9 Å². The molecule has 128 valence electrons. The molecule has 24 heavy (non-hydrogen) atoms. The first kappa shape index (κ1) is 17.2. The zero-order valence-electron chi connectivity index (χ0n) is 14.0. The number of aromatic nitrogens is 1. The second-order valence-electron chi connectivity index (χ2n) is 6.83. The molecule has 2 atom stereocenters. The van der Waals surface area contributed by atoms with Gasteiger partial charge in [-0.05, 0) is 31.4 Å². The van der Waals surface area contributed by atoms with Crippen molar-refractivity contribution in [1.29, 1.82) is 0 Å². The molecule has 1 saturated heterocycles. The number of halogens is 1. The molecule has 2 heterocycles. The monoisotopic (exact) mass is 364 g/mol. The van der Waals surface area contributed by atoms with Gasteiger partial charge in [0.15, 0.2) is 10.7 Å². The van der Waals surface area contributed by atoms with E-state index in [1.54, 1.807) is 0 Å². The van der Waals surface area contributed by atoms with Crippen LogP contribution in [0.1, 0.15) is 39.3 Å². The number of anilines is 2. The number of thiazole rings is 1. The number of hydrogen-bond donors (Lipinski definition) is 1. The van der Waals surface area contributed by atoms with Gasteiger partial charge in [-0.1, -0.05) is 37.6 Å². The lowest BCUT2D eigenvalue weighted by Gasteiger charge is -2.20. The molecule has 1 fully saturated rings. The number of esters is 1. The van der Waals surface area contributed by atoms with E-state index in [1.807, 2.05) is 36.6 Å². The first-order valence-corrected chi connectivity index (χ1v) is 9.33. The Bertz CT molecular complexity index is 746. The quantitative estimate of drug-likeness (QED) is 0.725. The fourth-order valence-corrected chi connectivity index (χ4v) is 4.09. The summed E-state index contributed by atoms with van der Waals surface area (Å²) in [6.07, 6.45) is 1.53. The molecular formula is C18H21ClN2O2S. The number of carbonyl (C=O) groups excluding carboxylic acids is 1. The van der Waals surface area contributed by atoms with Crippen LogP contribution in [0.3, 0.4) is 0 Å². The topological polar surface area (TPSA) is 51.2 Å². The summed E-state index contributed by atoms with van der Waals surface area (Å²) in [5.74, 6) is 0.314. The Balaban J connectivity index is 1.76. The van der Waals surface area contributed by atoms with Crippen LogP contribution >= 0.6 is 22.9 Å². The van der Waals surface area contributed by atoms with Crippen LogP contribution in [0.25, 0.3) is 0 Å². The molecule has 3 rings (SSSR count). The third-order valence-corrected chi connectivity index (χ3v) is 5.30. The maximum Gasteiger partial charge on any atom is 0.310 e. The van der Waals surface area contributed by atoms with E-state index in [1.165, 1.54) is 11.3 Å². The smallest absolute Gasteiger partial charge is 0.310 e. The average Bonchev–Trinajstić information content (AvgIpc) is 3.07. The summed E-state index contributed by atoms with van der Waals surface area (Å²) < 4.78 is 5.69. The molecular weight excluding hydrogens is 344 g/mol. The second kappa shape index (κ2) is 6.73. The van der Waals surface area contributed by atoms with Gasteiger partial charge >= 0.3 is 5.97 Å². The molecule has 1 aliphatic heterocycles. The lowest BCUT2D eigenvalue weighted by molar-refractivity contribution is -0.150. The highest BCUT2D eigenvalue weighted by atomic mass is 35.5. The van der Waals surface area contributed by atoms with E-state index in [9.17, 15) is 4.79 Å². The molecule has 4 nitrogen and oxygen atoms in total. The fraction of sp³-hybridized carbons (Fsp3) is 0.444. The van der Waals surface area contributed by atoms with Crippen LogP contribution in [-0.2, 0) is 15.1 Å². The summed E-state index contributed by atoms with van der Waals surface area (Å²) in [6, 6.07) is 7.53. The molecule has 0 bridgehead atoms. The average molecular weight is 365 g/mol. The molecule has 0 radical (unpaired) electrons. The molecule has 1 aromatic heterocycles. The van der Waals surface area contributed by atoms with Crippen LogP contribution < -0.4 is 5.32 Å². The number of rotatable bonds is 5. The maximum atomic E-state index is 12.2. The highest BCUT2D eigenvalue weighted by molar-refractivity contribution is 7.13. The van der Waals surface area contributed by atoms with Gasteiger partial charge in [0, 0.05) is 11.8 Å². The number of cyclic esters (lactones) is 1. The van der Waals surface area contributed by atoms with Crippen molar-refractivity contribution < 1.29 is 9.53 Å². The molecule has 0 spiro atoms.